The van der Waals surface area contributed by atoms with Crippen LogP contribution in [0.15, 0.2) is 36.7 Å². The summed E-state index contributed by atoms with van der Waals surface area (Å²) in [5.41, 5.74) is 1.77. The van der Waals surface area contributed by atoms with Crippen molar-refractivity contribution in [3.8, 4) is 0 Å². The van der Waals surface area contributed by atoms with E-state index in [0.717, 1.165) is 30.2 Å². The summed E-state index contributed by atoms with van der Waals surface area (Å²) in [6.07, 6.45) is 4.28. The van der Waals surface area contributed by atoms with Gasteiger partial charge in [-0.3, -0.25) is 4.68 Å². The molecule has 3 rings (SSSR count). The predicted octanol–water partition coefficient (Wildman–Crippen LogP) is 2.47. The van der Waals surface area contributed by atoms with Gasteiger partial charge in [-0.1, -0.05) is 17.7 Å². The smallest absolute Gasteiger partial charge is 0.319 e. The second-order valence-electron chi connectivity index (χ2n) is 5.41. The van der Waals surface area contributed by atoms with Gasteiger partial charge in [0.1, 0.15) is 0 Å². The van der Waals surface area contributed by atoms with Crippen LogP contribution in [-0.2, 0) is 7.05 Å². The topological polar surface area (TPSA) is 62.2 Å². The van der Waals surface area contributed by atoms with Crippen molar-refractivity contribution in [3.05, 3.63) is 41.7 Å². The van der Waals surface area contributed by atoms with Crippen molar-refractivity contribution in [2.45, 2.75) is 12.5 Å². The van der Waals surface area contributed by atoms with E-state index >= 15 is 0 Å². The first-order valence-corrected chi connectivity index (χ1v) is 7.54. The molecule has 2 heterocycles. The molecule has 1 fully saturated rings. The lowest BCUT2D eigenvalue weighted by Crippen LogP contribution is -2.39. The Morgan fingerprint density at radius 3 is 3.05 bits per heavy atom. The maximum Gasteiger partial charge on any atom is 0.319 e. The molecule has 22 heavy (non-hydrogen) atoms. The molecule has 0 radical (unpaired) electrons. The van der Waals surface area contributed by atoms with Gasteiger partial charge in [0, 0.05) is 43.1 Å². The molecule has 1 aromatic carbocycles. The summed E-state index contributed by atoms with van der Waals surface area (Å²) in [6.45, 7) is 1.68. The second kappa shape index (κ2) is 6.27. The van der Waals surface area contributed by atoms with Crippen LogP contribution in [0.2, 0.25) is 5.02 Å². The fraction of sp³-hybridized carbons (Fsp3) is 0.333. The van der Waals surface area contributed by atoms with E-state index in [-0.39, 0.29) is 12.1 Å². The average Bonchev–Trinajstić information content (AvgIpc) is 3.08. The SMILES string of the molecule is Cn1cc(NC(=O)NC2CCN(c3cccc(Cl)c3)C2)cn1. The minimum atomic E-state index is -0.203. The number of aromatic nitrogens is 2. The summed E-state index contributed by atoms with van der Waals surface area (Å²) < 4.78 is 1.64. The van der Waals surface area contributed by atoms with Gasteiger partial charge >= 0.3 is 6.03 Å². The number of urea groups is 1. The Balaban J connectivity index is 1.53. The number of nitrogens with zero attached hydrogens (tertiary/aromatic N) is 3. The van der Waals surface area contributed by atoms with Crippen molar-refractivity contribution in [3.63, 3.8) is 0 Å². The summed E-state index contributed by atoms with van der Waals surface area (Å²) in [5.74, 6) is 0. The zero-order chi connectivity index (χ0) is 15.5. The highest BCUT2D eigenvalue weighted by molar-refractivity contribution is 6.30. The normalized spacial score (nSPS) is 17.5. The molecule has 0 bridgehead atoms. The van der Waals surface area contributed by atoms with E-state index in [9.17, 15) is 4.79 Å². The molecule has 2 aromatic rings. The van der Waals surface area contributed by atoms with E-state index in [1.54, 1.807) is 17.1 Å². The minimum Gasteiger partial charge on any atom is -0.369 e. The molecule has 2 N–H and O–H groups in total. The van der Waals surface area contributed by atoms with Gasteiger partial charge in [0.25, 0.3) is 0 Å². The predicted molar refractivity (Wildman–Crippen MR) is 87.4 cm³/mol. The fourth-order valence-corrected chi connectivity index (χ4v) is 2.81. The first-order valence-electron chi connectivity index (χ1n) is 7.17. The number of carbonyl (C=O) groups is 1. The first kappa shape index (κ1) is 14.7. The van der Waals surface area contributed by atoms with Gasteiger partial charge in [0.05, 0.1) is 11.9 Å². The van der Waals surface area contributed by atoms with Gasteiger partial charge in [0.15, 0.2) is 0 Å². The molecule has 1 aliphatic heterocycles. The van der Waals surface area contributed by atoms with Crippen molar-refractivity contribution in [2.24, 2.45) is 7.05 Å². The summed E-state index contributed by atoms with van der Waals surface area (Å²) >= 11 is 6.02. The molecule has 116 valence electrons. The largest absolute Gasteiger partial charge is 0.369 e. The molecule has 7 heteroatoms. The van der Waals surface area contributed by atoms with Crippen LogP contribution in [0, 0.1) is 0 Å². The molecule has 1 atom stereocenters. The van der Waals surface area contributed by atoms with E-state index < -0.39 is 0 Å². The monoisotopic (exact) mass is 319 g/mol. The third-order valence-corrected chi connectivity index (χ3v) is 3.89. The number of halogens is 1. The van der Waals surface area contributed by atoms with E-state index in [0.29, 0.717) is 5.69 Å². The molecular formula is C15H18ClN5O. The summed E-state index contributed by atoms with van der Waals surface area (Å²) in [5, 5.41) is 10.5. The van der Waals surface area contributed by atoms with E-state index in [2.05, 4.69) is 20.6 Å². The minimum absolute atomic E-state index is 0.121. The maximum atomic E-state index is 12.0. The first-order chi connectivity index (χ1) is 10.6. The number of benzene rings is 1. The Morgan fingerprint density at radius 2 is 2.32 bits per heavy atom. The van der Waals surface area contributed by atoms with E-state index in [1.165, 1.54) is 0 Å². The second-order valence-corrected chi connectivity index (χ2v) is 5.85. The van der Waals surface area contributed by atoms with Crippen LogP contribution < -0.4 is 15.5 Å². The van der Waals surface area contributed by atoms with Gasteiger partial charge in [-0.05, 0) is 24.6 Å². The molecule has 1 aromatic heterocycles. The van der Waals surface area contributed by atoms with Gasteiger partial charge in [-0.2, -0.15) is 5.10 Å². The van der Waals surface area contributed by atoms with Gasteiger partial charge in [-0.15, -0.1) is 0 Å². The van der Waals surface area contributed by atoms with Crippen molar-refractivity contribution < 1.29 is 4.79 Å². The lowest BCUT2D eigenvalue weighted by atomic mass is 10.3. The van der Waals surface area contributed by atoms with Gasteiger partial charge < -0.3 is 15.5 Å². The van der Waals surface area contributed by atoms with Crippen molar-refractivity contribution in [1.82, 2.24) is 15.1 Å². The Hall–Kier alpha value is -2.21. The molecule has 0 spiro atoms. The highest BCUT2D eigenvalue weighted by Gasteiger charge is 2.24. The molecule has 2 amide bonds. The number of hydrogen-bond donors (Lipinski definition) is 2. The molecular weight excluding hydrogens is 302 g/mol. The zero-order valence-electron chi connectivity index (χ0n) is 12.3. The van der Waals surface area contributed by atoms with Crippen LogP contribution in [0.5, 0.6) is 0 Å². The van der Waals surface area contributed by atoms with Crippen LogP contribution >= 0.6 is 11.6 Å². The quantitative estimate of drug-likeness (QED) is 0.913. The summed E-state index contributed by atoms with van der Waals surface area (Å²) in [4.78, 5) is 14.2. The number of hydrogen-bond acceptors (Lipinski definition) is 3. The number of aryl methyl sites for hydroxylation is 1. The number of carbonyl (C=O) groups excluding carboxylic acids is 1. The lowest BCUT2D eigenvalue weighted by Gasteiger charge is -2.19. The fourth-order valence-electron chi connectivity index (χ4n) is 2.62. The van der Waals surface area contributed by atoms with Gasteiger partial charge in [-0.25, -0.2) is 4.79 Å². The third kappa shape index (κ3) is 3.51. The standard InChI is InChI=1S/C15H18ClN5O/c1-20-9-13(8-17-20)19-15(22)18-12-5-6-21(10-12)14-4-2-3-11(16)7-14/h2-4,7-9,12H,5-6,10H2,1H3,(H2,18,19,22). The van der Waals surface area contributed by atoms with Crippen LogP contribution in [0.1, 0.15) is 6.42 Å². The van der Waals surface area contributed by atoms with Crippen LogP contribution in [-0.4, -0.2) is 34.9 Å². The summed E-state index contributed by atoms with van der Waals surface area (Å²) in [6, 6.07) is 7.69. The van der Waals surface area contributed by atoms with E-state index in [4.69, 9.17) is 11.6 Å². The average molecular weight is 320 g/mol. The third-order valence-electron chi connectivity index (χ3n) is 3.66. The van der Waals surface area contributed by atoms with Gasteiger partial charge in [0.2, 0.25) is 0 Å². The zero-order valence-corrected chi connectivity index (χ0v) is 13.0. The molecule has 0 saturated carbocycles. The molecule has 1 aliphatic rings. The van der Waals surface area contributed by atoms with Crippen molar-refractivity contribution in [2.75, 3.05) is 23.3 Å². The number of anilines is 2. The Morgan fingerprint density at radius 1 is 1.45 bits per heavy atom. The molecule has 6 nitrogen and oxygen atoms in total. The number of nitrogens with one attached hydrogen (secondary N) is 2. The van der Waals surface area contributed by atoms with Crippen molar-refractivity contribution >= 4 is 29.0 Å². The lowest BCUT2D eigenvalue weighted by molar-refractivity contribution is 0.249. The Bertz CT molecular complexity index is 671. The Kier molecular flexibility index (Phi) is 4.20. The molecule has 1 unspecified atom stereocenters. The highest BCUT2D eigenvalue weighted by atomic mass is 35.5. The van der Waals surface area contributed by atoms with Crippen LogP contribution in [0.25, 0.3) is 0 Å². The van der Waals surface area contributed by atoms with Crippen LogP contribution in [0.3, 0.4) is 0 Å². The van der Waals surface area contributed by atoms with E-state index in [1.807, 2.05) is 31.3 Å². The maximum absolute atomic E-state index is 12.0. The number of rotatable bonds is 3. The highest BCUT2D eigenvalue weighted by Crippen LogP contribution is 2.23. The summed E-state index contributed by atoms with van der Waals surface area (Å²) in [7, 11) is 1.81. The molecule has 0 aliphatic carbocycles. The van der Waals surface area contributed by atoms with Crippen LogP contribution in [0.4, 0.5) is 16.2 Å². The number of amides is 2. The van der Waals surface area contributed by atoms with Crippen molar-refractivity contribution in [1.29, 1.82) is 0 Å². The Labute approximate surface area is 134 Å². The molecule has 1 saturated heterocycles.